The van der Waals surface area contributed by atoms with E-state index in [1.165, 1.54) is 43.6 Å². The Morgan fingerprint density at radius 3 is 1.52 bits per heavy atom. The van der Waals surface area contributed by atoms with Crippen LogP contribution in [0.2, 0.25) is 0 Å². The molecular formula is C37H23N3. The van der Waals surface area contributed by atoms with Crippen molar-refractivity contribution < 1.29 is 0 Å². The molecule has 8 aromatic rings. The van der Waals surface area contributed by atoms with Crippen molar-refractivity contribution >= 4 is 49.3 Å². The van der Waals surface area contributed by atoms with E-state index in [1.807, 2.05) is 18.2 Å². The van der Waals surface area contributed by atoms with Crippen molar-refractivity contribution in [1.29, 1.82) is 0 Å². The second-order valence-electron chi connectivity index (χ2n) is 10.1. The number of hydrogen-bond donors (Lipinski definition) is 0. The molecule has 0 amide bonds. The van der Waals surface area contributed by atoms with E-state index in [0.717, 1.165) is 22.5 Å². The summed E-state index contributed by atoms with van der Waals surface area (Å²) >= 11 is 0. The van der Waals surface area contributed by atoms with Crippen LogP contribution in [0.25, 0.3) is 71.0 Å². The van der Waals surface area contributed by atoms with Gasteiger partial charge in [-0.3, -0.25) is 0 Å². The van der Waals surface area contributed by atoms with Gasteiger partial charge in [0.15, 0.2) is 5.69 Å². The van der Waals surface area contributed by atoms with Crippen LogP contribution in [0.15, 0.2) is 140 Å². The lowest BCUT2D eigenvalue weighted by Gasteiger charge is -2.12. The summed E-state index contributed by atoms with van der Waals surface area (Å²) < 4.78 is 4.74. The van der Waals surface area contributed by atoms with Gasteiger partial charge in [0.05, 0.1) is 28.6 Å². The van der Waals surface area contributed by atoms with Gasteiger partial charge in [-0.2, -0.15) is 0 Å². The van der Waals surface area contributed by atoms with Crippen molar-refractivity contribution in [3.8, 4) is 22.5 Å². The second-order valence-corrected chi connectivity index (χ2v) is 10.1. The molecule has 6 aromatic carbocycles. The minimum Gasteiger partial charge on any atom is -0.309 e. The number of benzene rings is 6. The molecule has 2 aromatic heterocycles. The molecule has 0 saturated heterocycles. The van der Waals surface area contributed by atoms with Crippen LogP contribution in [0.4, 0.5) is 5.69 Å². The molecule has 40 heavy (non-hydrogen) atoms. The first-order valence-corrected chi connectivity index (χ1v) is 13.4. The molecule has 0 bridgehead atoms. The molecular weight excluding hydrogens is 486 g/mol. The second kappa shape index (κ2) is 8.73. The Hall–Kier alpha value is -5.59. The lowest BCUT2D eigenvalue weighted by atomic mass is 10.0. The molecule has 2 heterocycles. The highest BCUT2D eigenvalue weighted by Crippen LogP contribution is 2.37. The molecule has 0 aliphatic carbocycles. The Labute approximate surface area is 231 Å². The standard InChI is InChI=1S/C37H23N3/c1-38-27-10-8-9-26(23-27)25-17-19-28(20-18-25)39-34-14-5-4-13-32(34)33-22-21-29(24-37(33)39)40-35-15-6-2-11-30(35)31-12-3-7-16-36(31)40/h2-24H. The van der Waals surface area contributed by atoms with E-state index in [-0.39, 0.29) is 0 Å². The summed E-state index contributed by atoms with van der Waals surface area (Å²) in [6.45, 7) is 7.36. The molecule has 0 radical (unpaired) electrons. The number of hydrogen-bond acceptors (Lipinski definition) is 0. The summed E-state index contributed by atoms with van der Waals surface area (Å²) in [5.41, 5.74) is 9.81. The smallest absolute Gasteiger partial charge is 0.187 e. The van der Waals surface area contributed by atoms with Gasteiger partial charge in [-0.15, -0.1) is 0 Å². The molecule has 0 aliphatic rings. The first-order chi connectivity index (χ1) is 19.8. The fraction of sp³-hybridized carbons (Fsp3) is 0. The molecule has 0 atom stereocenters. The third-order valence-electron chi connectivity index (χ3n) is 7.93. The molecule has 0 fully saturated rings. The molecule has 186 valence electrons. The van der Waals surface area contributed by atoms with Crippen LogP contribution in [0, 0.1) is 6.57 Å². The van der Waals surface area contributed by atoms with Crippen molar-refractivity contribution in [3.63, 3.8) is 0 Å². The van der Waals surface area contributed by atoms with Crippen LogP contribution in [0.3, 0.4) is 0 Å². The first-order valence-electron chi connectivity index (χ1n) is 13.4. The summed E-state index contributed by atoms with van der Waals surface area (Å²) in [5.74, 6) is 0. The van der Waals surface area contributed by atoms with E-state index >= 15 is 0 Å². The highest BCUT2D eigenvalue weighted by molar-refractivity contribution is 6.12. The molecule has 0 unspecified atom stereocenters. The quantitative estimate of drug-likeness (QED) is 0.210. The summed E-state index contributed by atoms with van der Waals surface area (Å²) in [5, 5.41) is 4.99. The predicted octanol–water partition coefficient (Wildman–Crippen LogP) is 10.1. The minimum atomic E-state index is 0.654. The average molecular weight is 510 g/mol. The van der Waals surface area contributed by atoms with E-state index in [0.29, 0.717) is 5.69 Å². The van der Waals surface area contributed by atoms with Crippen LogP contribution in [0.1, 0.15) is 0 Å². The van der Waals surface area contributed by atoms with Crippen molar-refractivity contribution in [2.75, 3.05) is 0 Å². The molecule has 3 heteroatoms. The molecule has 8 rings (SSSR count). The van der Waals surface area contributed by atoms with Gasteiger partial charge in [-0.25, -0.2) is 4.85 Å². The van der Waals surface area contributed by atoms with Crippen molar-refractivity contribution in [1.82, 2.24) is 9.13 Å². The Balaban J connectivity index is 1.36. The molecule has 0 aliphatic heterocycles. The third kappa shape index (κ3) is 3.30. The van der Waals surface area contributed by atoms with E-state index in [9.17, 15) is 0 Å². The Morgan fingerprint density at radius 2 is 0.925 bits per heavy atom. The largest absolute Gasteiger partial charge is 0.309 e. The minimum absolute atomic E-state index is 0.654. The maximum absolute atomic E-state index is 7.36. The van der Waals surface area contributed by atoms with Crippen LogP contribution in [-0.4, -0.2) is 9.13 Å². The van der Waals surface area contributed by atoms with E-state index in [2.05, 4.69) is 135 Å². The molecule has 0 N–H and O–H groups in total. The third-order valence-corrected chi connectivity index (χ3v) is 7.93. The highest BCUT2D eigenvalue weighted by Gasteiger charge is 2.16. The lowest BCUT2D eigenvalue weighted by molar-refractivity contribution is 1.15. The number of fused-ring (bicyclic) bond motifs is 6. The average Bonchev–Trinajstić information content (AvgIpc) is 3.54. The van der Waals surface area contributed by atoms with Gasteiger partial charge >= 0.3 is 0 Å². The van der Waals surface area contributed by atoms with E-state index in [4.69, 9.17) is 6.57 Å². The SMILES string of the molecule is [C-]#[N+]c1cccc(-c2ccc(-n3c4ccccc4c4ccc(-n5c6ccccc6c6ccccc65)cc43)cc2)c1. The number of rotatable bonds is 3. The van der Waals surface area contributed by atoms with Crippen LogP contribution in [-0.2, 0) is 0 Å². The Kier molecular flexibility index (Phi) is 4.89. The van der Waals surface area contributed by atoms with Gasteiger partial charge in [0.2, 0.25) is 0 Å². The molecule has 3 nitrogen and oxygen atoms in total. The number of nitrogens with zero attached hydrogens (tertiary/aromatic N) is 3. The monoisotopic (exact) mass is 509 g/mol. The Bertz CT molecular complexity index is 2220. The van der Waals surface area contributed by atoms with Crippen LogP contribution in [0.5, 0.6) is 0 Å². The summed E-state index contributed by atoms with van der Waals surface area (Å²) in [7, 11) is 0. The predicted molar refractivity (Wildman–Crippen MR) is 167 cm³/mol. The highest BCUT2D eigenvalue weighted by atomic mass is 15.0. The summed E-state index contributed by atoms with van der Waals surface area (Å²) in [6.07, 6.45) is 0. The zero-order valence-corrected chi connectivity index (χ0v) is 21.6. The van der Waals surface area contributed by atoms with Crippen molar-refractivity contribution in [2.24, 2.45) is 0 Å². The molecule has 0 saturated carbocycles. The maximum atomic E-state index is 7.36. The van der Waals surface area contributed by atoms with Gasteiger partial charge in [-0.05, 0) is 59.7 Å². The maximum Gasteiger partial charge on any atom is 0.187 e. The van der Waals surface area contributed by atoms with Gasteiger partial charge in [0, 0.05) is 32.9 Å². The summed E-state index contributed by atoms with van der Waals surface area (Å²) in [4.78, 5) is 3.59. The number of aromatic nitrogens is 2. The lowest BCUT2D eigenvalue weighted by Crippen LogP contribution is -1.97. The zero-order valence-electron chi connectivity index (χ0n) is 21.6. The number of para-hydroxylation sites is 3. The van der Waals surface area contributed by atoms with Crippen molar-refractivity contribution in [3.05, 3.63) is 151 Å². The fourth-order valence-corrected chi connectivity index (χ4v) is 6.13. The van der Waals surface area contributed by atoms with Crippen molar-refractivity contribution in [2.45, 2.75) is 0 Å². The topological polar surface area (TPSA) is 14.2 Å². The van der Waals surface area contributed by atoms with Crippen LogP contribution >= 0.6 is 0 Å². The van der Waals surface area contributed by atoms with E-state index < -0.39 is 0 Å². The Morgan fingerprint density at radius 1 is 0.400 bits per heavy atom. The molecule has 0 spiro atoms. The van der Waals surface area contributed by atoms with Gasteiger partial charge in [0.1, 0.15) is 0 Å². The first kappa shape index (κ1) is 22.4. The normalized spacial score (nSPS) is 11.5. The van der Waals surface area contributed by atoms with Crippen LogP contribution < -0.4 is 0 Å². The van der Waals surface area contributed by atoms with Gasteiger partial charge < -0.3 is 9.13 Å². The summed E-state index contributed by atoms with van der Waals surface area (Å²) in [6, 6.07) is 49.2. The van der Waals surface area contributed by atoms with E-state index in [1.54, 1.807) is 0 Å². The fourth-order valence-electron chi connectivity index (χ4n) is 6.13. The van der Waals surface area contributed by atoms with Gasteiger partial charge in [-0.1, -0.05) is 91.0 Å². The zero-order chi connectivity index (χ0) is 26.6. The van der Waals surface area contributed by atoms with Gasteiger partial charge in [0.25, 0.3) is 0 Å².